The van der Waals surface area contributed by atoms with Crippen molar-refractivity contribution in [1.82, 2.24) is 15.1 Å². The van der Waals surface area contributed by atoms with Crippen LogP contribution in [0, 0.1) is 17.3 Å². The van der Waals surface area contributed by atoms with Gasteiger partial charge in [0.05, 0.1) is 11.8 Å². The van der Waals surface area contributed by atoms with Gasteiger partial charge >= 0.3 is 0 Å². The number of nitrogens with zero attached hydrogens (tertiary/aromatic N) is 2. The van der Waals surface area contributed by atoms with Gasteiger partial charge in [0, 0.05) is 26.1 Å². The SMILES string of the molecule is CN(C)CC(C)(C)CNC(=O)CCN1C(=O)[C@@H]2CCCC[C@H]2C1=O. The number of nitrogens with one attached hydrogen (secondary N) is 1. The Balaban J connectivity index is 1.79. The van der Waals surface area contributed by atoms with Gasteiger partial charge in [-0.15, -0.1) is 0 Å². The van der Waals surface area contributed by atoms with Crippen LogP contribution in [0.3, 0.4) is 0 Å². The standard InChI is InChI=1S/C18H31N3O3/c1-18(2,12-20(3)4)11-19-15(22)9-10-21-16(23)13-7-5-6-8-14(13)17(21)24/h13-14H,5-12H2,1-4H3,(H,19,22)/t13-,14-/m1/s1. The molecule has 1 saturated carbocycles. The molecule has 1 aliphatic carbocycles. The van der Waals surface area contributed by atoms with Crippen molar-refractivity contribution < 1.29 is 14.4 Å². The third-order valence-corrected chi connectivity index (χ3v) is 5.00. The molecule has 136 valence electrons. The van der Waals surface area contributed by atoms with E-state index in [9.17, 15) is 14.4 Å². The normalized spacial score (nSPS) is 24.5. The van der Waals surface area contributed by atoms with E-state index >= 15 is 0 Å². The number of carbonyl (C=O) groups excluding carboxylic acids is 3. The van der Waals surface area contributed by atoms with Crippen molar-refractivity contribution in [1.29, 1.82) is 0 Å². The van der Waals surface area contributed by atoms with Crippen LogP contribution in [0.25, 0.3) is 0 Å². The second-order valence-corrected chi connectivity index (χ2v) is 8.25. The molecule has 1 N–H and O–H groups in total. The van der Waals surface area contributed by atoms with Gasteiger partial charge in [-0.1, -0.05) is 26.7 Å². The zero-order valence-electron chi connectivity index (χ0n) is 15.4. The van der Waals surface area contributed by atoms with Crippen LogP contribution in [0.5, 0.6) is 0 Å². The van der Waals surface area contributed by atoms with E-state index in [2.05, 4.69) is 24.1 Å². The van der Waals surface area contributed by atoms with Crippen molar-refractivity contribution in [3.05, 3.63) is 0 Å². The molecule has 1 saturated heterocycles. The van der Waals surface area contributed by atoms with Gasteiger partial charge < -0.3 is 10.2 Å². The number of amides is 3. The van der Waals surface area contributed by atoms with Crippen molar-refractivity contribution in [2.24, 2.45) is 17.3 Å². The first-order valence-corrected chi connectivity index (χ1v) is 8.98. The fraction of sp³-hybridized carbons (Fsp3) is 0.833. The highest BCUT2D eigenvalue weighted by molar-refractivity contribution is 6.05. The second kappa shape index (κ2) is 7.64. The highest BCUT2D eigenvalue weighted by Crippen LogP contribution is 2.37. The number of fused-ring (bicyclic) bond motifs is 1. The van der Waals surface area contributed by atoms with Crippen molar-refractivity contribution in [3.8, 4) is 0 Å². The number of likely N-dealkylation sites (tertiary alicyclic amines) is 1. The van der Waals surface area contributed by atoms with Crippen LogP contribution < -0.4 is 5.32 Å². The fourth-order valence-corrected chi connectivity index (χ4v) is 4.00. The molecule has 2 rings (SSSR count). The monoisotopic (exact) mass is 337 g/mol. The number of imide groups is 1. The Bertz CT molecular complexity index is 478. The second-order valence-electron chi connectivity index (χ2n) is 8.25. The summed E-state index contributed by atoms with van der Waals surface area (Å²) in [5, 5.41) is 2.93. The molecule has 6 nitrogen and oxygen atoms in total. The van der Waals surface area contributed by atoms with Crippen LogP contribution in [-0.4, -0.2) is 61.3 Å². The Hall–Kier alpha value is -1.43. The van der Waals surface area contributed by atoms with E-state index in [0.29, 0.717) is 6.54 Å². The van der Waals surface area contributed by atoms with E-state index in [4.69, 9.17) is 0 Å². The van der Waals surface area contributed by atoms with Crippen LogP contribution >= 0.6 is 0 Å². The smallest absolute Gasteiger partial charge is 0.233 e. The molecule has 1 aliphatic heterocycles. The van der Waals surface area contributed by atoms with Gasteiger partial charge in [-0.05, 0) is 32.4 Å². The Labute approximate surface area is 144 Å². The molecule has 2 aliphatic rings. The molecule has 0 aromatic rings. The Morgan fingerprint density at radius 1 is 1.17 bits per heavy atom. The number of hydrogen-bond donors (Lipinski definition) is 1. The zero-order valence-corrected chi connectivity index (χ0v) is 15.4. The molecule has 0 unspecified atom stereocenters. The molecular formula is C18H31N3O3. The van der Waals surface area contributed by atoms with Crippen LogP contribution in [0.4, 0.5) is 0 Å². The Morgan fingerprint density at radius 2 is 1.71 bits per heavy atom. The summed E-state index contributed by atoms with van der Waals surface area (Å²) in [6.07, 6.45) is 3.87. The van der Waals surface area contributed by atoms with Crippen LogP contribution in [0.2, 0.25) is 0 Å². The van der Waals surface area contributed by atoms with E-state index in [0.717, 1.165) is 32.2 Å². The molecule has 2 fully saturated rings. The third-order valence-electron chi connectivity index (χ3n) is 5.00. The lowest BCUT2D eigenvalue weighted by Crippen LogP contribution is -2.41. The topological polar surface area (TPSA) is 69.7 Å². The predicted molar refractivity (Wildman–Crippen MR) is 92.1 cm³/mol. The van der Waals surface area contributed by atoms with Crippen molar-refractivity contribution in [2.75, 3.05) is 33.7 Å². The molecule has 2 atom stereocenters. The minimum Gasteiger partial charge on any atom is -0.355 e. The summed E-state index contributed by atoms with van der Waals surface area (Å²) in [7, 11) is 4.02. The lowest BCUT2D eigenvalue weighted by atomic mass is 9.81. The zero-order chi connectivity index (χ0) is 17.9. The van der Waals surface area contributed by atoms with Crippen LogP contribution in [0.1, 0.15) is 46.0 Å². The van der Waals surface area contributed by atoms with Gasteiger partial charge in [0.25, 0.3) is 0 Å². The summed E-state index contributed by atoms with van der Waals surface area (Å²) >= 11 is 0. The maximum Gasteiger partial charge on any atom is 0.233 e. The lowest BCUT2D eigenvalue weighted by Gasteiger charge is -2.28. The van der Waals surface area contributed by atoms with Gasteiger partial charge in [-0.3, -0.25) is 19.3 Å². The summed E-state index contributed by atoms with van der Waals surface area (Å²) in [4.78, 5) is 40.2. The van der Waals surface area contributed by atoms with Gasteiger partial charge in [0.15, 0.2) is 0 Å². The van der Waals surface area contributed by atoms with Crippen LogP contribution in [0.15, 0.2) is 0 Å². The average Bonchev–Trinajstić information content (AvgIpc) is 2.74. The molecule has 1 heterocycles. The van der Waals surface area contributed by atoms with Gasteiger partial charge in [0.2, 0.25) is 17.7 Å². The molecule has 24 heavy (non-hydrogen) atoms. The third kappa shape index (κ3) is 4.56. The minimum absolute atomic E-state index is 0.0205. The minimum atomic E-state index is -0.131. The summed E-state index contributed by atoms with van der Waals surface area (Å²) in [6, 6.07) is 0. The van der Waals surface area contributed by atoms with E-state index in [1.54, 1.807) is 0 Å². The summed E-state index contributed by atoms with van der Waals surface area (Å²) in [6.45, 7) is 5.87. The van der Waals surface area contributed by atoms with Crippen LogP contribution in [-0.2, 0) is 14.4 Å². The fourth-order valence-electron chi connectivity index (χ4n) is 4.00. The lowest BCUT2D eigenvalue weighted by molar-refractivity contribution is -0.140. The maximum absolute atomic E-state index is 12.4. The van der Waals surface area contributed by atoms with Crippen molar-refractivity contribution in [3.63, 3.8) is 0 Å². The predicted octanol–water partition coefficient (Wildman–Crippen LogP) is 1.26. The molecular weight excluding hydrogens is 306 g/mol. The van der Waals surface area contributed by atoms with Gasteiger partial charge in [-0.25, -0.2) is 0 Å². The summed E-state index contributed by atoms with van der Waals surface area (Å²) in [5.41, 5.74) is -0.0205. The quantitative estimate of drug-likeness (QED) is 0.710. The number of carbonyl (C=O) groups is 3. The highest BCUT2D eigenvalue weighted by atomic mass is 16.2. The van der Waals surface area contributed by atoms with E-state index < -0.39 is 0 Å². The molecule has 6 heteroatoms. The summed E-state index contributed by atoms with van der Waals surface area (Å²) < 4.78 is 0. The first-order chi connectivity index (χ1) is 11.2. The first-order valence-electron chi connectivity index (χ1n) is 8.98. The summed E-state index contributed by atoms with van der Waals surface area (Å²) in [5.74, 6) is -0.491. The van der Waals surface area contributed by atoms with E-state index in [1.807, 2.05) is 14.1 Å². The highest BCUT2D eigenvalue weighted by Gasteiger charge is 2.47. The molecule has 0 aromatic heterocycles. The van der Waals surface area contributed by atoms with Gasteiger partial charge in [0.1, 0.15) is 0 Å². The molecule has 0 radical (unpaired) electrons. The molecule has 0 bridgehead atoms. The van der Waals surface area contributed by atoms with Crippen molar-refractivity contribution in [2.45, 2.75) is 46.0 Å². The number of rotatable bonds is 7. The molecule has 0 aromatic carbocycles. The molecule has 3 amide bonds. The Kier molecular flexibility index (Phi) is 6.01. The Morgan fingerprint density at radius 3 is 2.21 bits per heavy atom. The van der Waals surface area contributed by atoms with Gasteiger partial charge in [-0.2, -0.15) is 0 Å². The average molecular weight is 337 g/mol. The largest absolute Gasteiger partial charge is 0.355 e. The number of hydrogen-bond acceptors (Lipinski definition) is 4. The van der Waals surface area contributed by atoms with Crippen molar-refractivity contribution >= 4 is 17.7 Å². The van der Waals surface area contributed by atoms with E-state index in [1.165, 1.54) is 4.90 Å². The molecule has 0 spiro atoms. The maximum atomic E-state index is 12.4. The first kappa shape index (κ1) is 18.9. The van der Waals surface area contributed by atoms with E-state index in [-0.39, 0.29) is 47.9 Å².